The first-order valence-corrected chi connectivity index (χ1v) is 12.5. The van der Waals surface area contributed by atoms with E-state index in [9.17, 15) is 9.59 Å². The Morgan fingerprint density at radius 2 is 1.72 bits per heavy atom. The van der Waals surface area contributed by atoms with Gasteiger partial charge in [0.2, 0.25) is 5.91 Å². The topological polar surface area (TPSA) is 70.7 Å². The number of methoxy groups -OCH3 is 1. The lowest BCUT2D eigenvalue weighted by Gasteiger charge is -2.55. The molecule has 4 bridgehead atoms. The van der Waals surface area contributed by atoms with Crippen molar-refractivity contribution in [1.29, 1.82) is 0 Å². The van der Waals surface area contributed by atoms with E-state index in [-0.39, 0.29) is 17.2 Å². The van der Waals surface area contributed by atoms with Crippen molar-refractivity contribution in [3.8, 4) is 0 Å². The lowest BCUT2D eigenvalue weighted by atomic mass is 9.49. The van der Waals surface area contributed by atoms with Crippen LogP contribution >= 0.6 is 0 Å². The number of anilines is 2. The monoisotopic (exact) mass is 439 g/mol. The summed E-state index contributed by atoms with van der Waals surface area (Å²) < 4.78 is 5.09. The van der Waals surface area contributed by atoms with Crippen LogP contribution in [0.4, 0.5) is 11.4 Å². The molecule has 0 spiro atoms. The van der Waals surface area contributed by atoms with Crippen LogP contribution < -0.4 is 15.5 Å². The smallest absolute Gasteiger partial charge is 0.253 e. The molecule has 0 radical (unpaired) electrons. The van der Waals surface area contributed by atoms with E-state index in [1.165, 1.54) is 19.3 Å². The zero-order chi connectivity index (χ0) is 22.1. The Morgan fingerprint density at radius 1 is 1.06 bits per heavy atom. The molecule has 6 nitrogen and oxygen atoms in total. The second kappa shape index (κ2) is 9.05. The number of benzene rings is 1. The van der Waals surface area contributed by atoms with Gasteiger partial charge in [0.25, 0.3) is 5.91 Å². The van der Waals surface area contributed by atoms with E-state index >= 15 is 0 Å². The van der Waals surface area contributed by atoms with Gasteiger partial charge in [0.05, 0.1) is 11.0 Å². The molecule has 4 saturated carbocycles. The Hall–Kier alpha value is -2.08. The molecule has 2 N–H and O–H groups in total. The zero-order valence-corrected chi connectivity index (χ0v) is 19.3. The number of rotatable bonds is 8. The van der Waals surface area contributed by atoms with E-state index in [1.54, 1.807) is 7.11 Å². The van der Waals surface area contributed by atoms with Crippen LogP contribution in [0.3, 0.4) is 0 Å². The summed E-state index contributed by atoms with van der Waals surface area (Å²) in [4.78, 5) is 28.8. The maximum absolute atomic E-state index is 13.5. The predicted octanol–water partition coefficient (Wildman–Crippen LogP) is 4.21. The Bertz CT molecular complexity index is 827. The molecule has 32 heavy (non-hydrogen) atoms. The first-order chi connectivity index (χ1) is 15.6. The summed E-state index contributed by atoms with van der Waals surface area (Å²) in [6, 6.07) is 5.89. The lowest BCUT2D eigenvalue weighted by molar-refractivity contribution is -0.140. The molecule has 1 saturated heterocycles. The van der Waals surface area contributed by atoms with Gasteiger partial charge in [-0.2, -0.15) is 0 Å². The van der Waals surface area contributed by atoms with Gasteiger partial charge in [-0.15, -0.1) is 0 Å². The van der Waals surface area contributed by atoms with Crippen LogP contribution in [0.2, 0.25) is 0 Å². The first kappa shape index (κ1) is 21.7. The molecule has 1 aromatic rings. The highest BCUT2D eigenvalue weighted by Crippen LogP contribution is 2.60. The van der Waals surface area contributed by atoms with Crippen molar-refractivity contribution < 1.29 is 14.3 Å². The fraction of sp³-hybridized carbons (Fsp3) is 0.692. The number of carbonyl (C=O) groups is 2. The number of carbonyl (C=O) groups excluding carboxylic acids is 2. The number of amides is 2. The largest absolute Gasteiger partial charge is 0.385 e. The van der Waals surface area contributed by atoms with Crippen molar-refractivity contribution in [3.05, 3.63) is 23.8 Å². The van der Waals surface area contributed by atoms with Crippen molar-refractivity contribution in [2.75, 3.05) is 43.6 Å². The van der Waals surface area contributed by atoms with Crippen molar-refractivity contribution in [3.63, 3.8) is 0 Å². The highest BCUT2D eigenvalue weighted by molar-refractivity contribution is 6.02. The fourth-order valence-corrected chi connectivity index (χ4v) is 7.20. The van der Waals surface area contributed by atoms with Gasteiger partial charge in [-0.1, -0.05) is 0 Å². The second-order valence-electron chi connectivity index (χ2n) is 10.7. The van der Waals surface area contributed by atoms with Crippen LogP contribution in [0.5, 0.6) is 0 Å². The average molecular weight is 440 g/mol. The third-order valence-electron chi connectivity index (χ3n) is 8.28. The number of nitrogens with one attached hydrogen (secondary N) is 2. The molecule has 0 atom stereocenters. The molecule has 5 aliphatic rings. The molecule has 2 amide bonds. The minimum atomic E-state index is -0.190. The lowest BCUT2D eigenvalue weighted by Crippen LogP contribution is -2.51. The summed E-state index contributed by atoms with van der Waals surface area (Å²) in [5.74, 6) is 2.31. The highest BCUT2D eigenvalue weighted by atomic mass is 16.5. The summed E-state index contributed by atoms with van der Waals surface area (Å²) in [5.41, 5.74) is 2.19. The van der Waals surface area contributed by atoms with Gasteiger partial charge in [0.15, 0.2) is 0 Å². The molecule has 0 unspecified atom stereocenters. The summed E-state index contributed by atoms with van der Waals surface area (Å²) >= 11 is 0. The van der Waals surface area contributed by atoms with Gasteiger partial charge in [-0.05, 0) is 93.7 Å². The predicted molar refractivity (Wildman–Crippen MR) is 126 cm³/mol. The van der Waals surface area contributed by atoms with Gasteiger partial charge < -0.3 is 20.3 Å². The number of ether oxygens (including phenoxy) is 1. The van der Waals surface area contributed by atoms with Gasteiger partial charge in [0, 0.05) is 44.7 Å². The minimum Gasteiger partial charge on any atom is -0.385 e. The van der Waals surface area contributed by atoms with Crippen LogP contribution in [0, 0.1) is 23.2 Å². The molecule has 1 aliphatic heterocycles. The summed E-state index contributed by atoms with van der Waals surface area (Å²) in [5, 5.41) is 6.26. The number of hydrogen-bond acceptors (Lipinski definition) is 4. The molecule has 5 fully saturated rings. The van der Waals surface area contributed by atoms with E-state index in [0.29, 0.717) is 18.7 Å². The van der Waals surface area contributed by atoms with Gasteiger partial charge in [-0.3, -0.25) is 9.59 Å². The van der Waals surface area contributed by atoms with E-state index < -0.39 is 0 Å². The maximum atomic E-state index is 13.5. The van der Waals surface area contributed by atoms with E-state index in [1.807, 2.05) is 18.2 Å². The Morgan fingerprint density at radius 3 is 2.34 bits per heavy atom. The van der Waals surface area contributed by atoms with Crippen molar-refractivity contribution in [1.82, 2.24) is 5.32 Å². The molecular weight excluding hydrogens is 402 g/mol. The second-order valence-corrected chi connectivity index (χ2v) is 10.7. The molecule has 1 aromatic carbocycles. The minimum absolute atomic E-state index is 0.0751. The summed E-state index contributed by atoms with van der Waals surface area (Å²) in [6.07, 6.45) is 10.2. The standard InChI is InChI=1S/C26H37N3O3/c1-32-10-4-7-27-24(30)22-14-21(5-6-23(22)29-8-2-3-9-29)28-25(31)26-15-18-11-19(16-26)13-20(12-18)17-26/h5-6,14,18-20H,2-4,7-13,15-17H2,1H3,(H,27,30)(H,28,31). The van der Waals surface area contributed by atoms with Crippen LogP contribution in [-0.4, -0.2) is 45.2 Å². The molecule has 6 rings (SSSR count). The molecular formula is C26H37N3O3. The Kier molecular flexibility index (Phi) is 6.15. The van der Waals surface area contributed by atoms with Crippen LogP contribution in [0.15, 0.2) is 18.2 Å². The van der Waals surface area contributed by atoms with Crippen LogP contribution in [-0.2, 0) is 9.53 Å². The van der Waals surface area contributed by atoms with Gasteiger partial charge >= 0.3 is 0 Å². The quantitative estimate of drug-likeness (QED) is 0.596. The average Bonchev–Trinajstić information content (AvgIpc) is 3.30. The first-order valence-electron chi connectivity index (χ1n) is 12.5. The molecule has 4 aliphatic carbocycles. The van der Waals surface area contributed by atoms with Crippen LogP contribution in [0.25, 0.3) is 0 Å². The van der Waals surface area contributed by atoms with E-state index in [4.69, 9.17) is 4.74 Å². The van der Waals surface area contributed by atoms with Gasteiger partial charge in [0.1, 0.15) is 0 Å². The normalized spacial score (nSPS) is 30.5. The number of hydrogen-bond donors (Lipinski definition) is 2. The van der Waals surface area contributed by atoms with E-state index in [0.717, 1.165) is 80.7 Å². The SMILES string of the molecule is COCCCNC(=O)c1cc(NC(=O)C23CC4CC(CC(C4)C2)C3)ccc1N1CCCC1. The van der Waals surface area contributed by atoms with Crippen molar-refractivity contribution in [2.24, 2.45) is 23.2 Å². The summed E-state index contributed by atoms with van der Waals surface area (Å²) in [6.45, 7) is 3.16. The zero-order valence-electron chi connectivity index (χ0n) is 19.3. The Labute approximate surface area is 191 Å². The molecule has 1 heterocycles. The maximum Gasteiger partial charge on any atom is 0.253 e. The molecule has 0 aromatic heterocycles. The van der Waals surface area contributed by atoms with Crippen molar-refractivity contribution in [2.45, 2.75) is 57.8 Å². The highest BCUT2D eigenvalue weighted by Gasteiger charge is 2.54. The third kappa shape index (κ3) is 4.26. The fourth-order valence-electron chi connectivity index (χ4n) is 7.20. The number of nitrogens with zero attached hydrogens (tertiary/aromatic N) is 1. The Balaban J connectivity index is 1.33. The van der Waals surface area contributed by atoms with Crippen molar-refractivity contribution >= 4 is 23.2 Å². The molecule has 174 valence electrons. The van der Waals surface area contributed by atoms with Gasteiger partial charge in [-0.25, -0.2) is 0 Å². The van der Waals surface area contributed by atoms with E-state index in [2.05, 4.69) is 15.5 Å². The summed E-state index contributed by atoms with van der Waals surface area (Å²) in [7, 11) is 1.67. The third-order valence-corrected chi connectivity index (χ3v) is 8.28. The van der Waals surface area contributed by atoms with Crippen LogP contribution in [0.1, 0.15) is 68.1 Å². The molecule has 6 heteroatoms.